The van der Waals surface area contributed by atoms with E-state index in [-0.39, 0.29) is 30.4 Å². The van der Waals surface area contributed by atoms with Gasteiger partial charge < -0.3 is 24.2 Å². The van der Waals surface area contributed by atoms with E-state index in [1.165, 1.54) is 12.8 Å². The first kappa shape index (κ1) is 33.2. The van der Waals surface area contributed by atoms with Crippen LogP contribution in [0.15, 0.2) is 60.7 Å². The molecular weight excluding hydrogens is 612 g/mol. The highest BCUT2D eigenvalue weighted by Gasteiger charge is 2.36. The van der Waals surface area contributed by atoms with Crippen LogP contribution in [-0.4, -0.2) is 81.1 Å². The lowest BCUT2D eigenvalue weighted by Crippen LogP contribution is -2.53. The number of piperazine rings is 1. The number of nitrogens with zero attached hydrogens (tertiary/aromatic N) is 4. The number of ether oxygens (including phenoxy) is 2. The summed E-state index contributed by atoms with van der Waals surface area (Å²) in [5.74, 6) is 2.17. The normalized spacial score (nSPS) is 22.0. The fourth-order valence-corrected chi connectivity index (χ4v) is 7.60. The zero-order valence-corrected chi connectivity index (χ0v) is 29.0. The molecule has 0 radical (unpaired) electrons. The van der Waals surface area contributed by atoms with Gasteiger partial charge in [-0.25, -0.2) is 0 Å². The Morgan fingerprint density at radius 2 is 1.62 bits per heavy atom. The summed E-state index contributed by atoms with van der Waals surface area (Å²) in [7, 11) is 5.68. The SMILES string of the molecule is COc1cc2c(cc1OC(C)C)[C@@H](c1ccc(Cl)cc1)N(c1ccc(N(C)C[C@H]3CC[C@H](N4CCN(C)C(=O)C4)CC3)cc1)C(=O)C2. The van der Waals surface area contributed by atoms with E-state index in [1.807, 2.05) is 67.1 Å². The van der Waals surface area contributed by atoms with Gasteiger partial charge in [0, 0.05) is 56.2 Å². The second-order valence-electron chi connectivity index (χ2n) is 13.6. The van der Waals surface area contributed by atoms with Crippen molar-refractivity contribution in [1.29, 1.82) is 0 Å². The lowest BCUT2D eigenvalue weighted by molar-refractivity contribution is -0.135. The number of methoxy groups -OCH3 is 1. The molecule has 1 aliphatic carbocycles. The number of carbonyl (C=O) groups excluding carboxylic acids is 2. The first-order valence-corrected chi connectivity index (χ1v) is 17.2. The van der Waals surface area contributed by atoms with Crippen molar-refractivity contribution in [3.8, 4) is 11.5 Å². The summed E-state index contributed by atoms with van der Waals surface area (Å²) in [6.07, 6.45) is 4.88. The molecule has 0 unspecified atom stereocenters. The van der Waals surface area contributed by atoms with Gasteiger partial charge in [-0.05, 0) is 111 Å². The molecule has 0 N–H and O–H groups in total. The highest BCUT2D eigenvalue weighted by atomic mass is 35.5. The molecule has 2 aliphatic heterocycles. The maximum atomic E-state index is 13.9. The number of anilines is 2. The summed E-state index contributed by atoms with van der Waals surface area (Å²) in [5, 5.41) is 0.650. The Hall–Kier alpha value is -3.75. The van der Waals surface area contributed by atoms with Crippen LogP contribution in [-0.2, 0) is 16.0 Å². The van der Waals surface area contributed by atoms with Crippen LogP contribution in [0.25, 0.3) is 0 Å². The Bertz CT molecular complexity index is 1570. The predicted molar refractivity (Wildman–Crippen MR) is 188 cm³/mol. The second kappa shape index (κ2) is 14.2. The van der Waals surface area contributed by atoms with Crippen LogP contribution in [0.3, 0.4) is 0 Å². The van der Waals surface area contributed by atoms with Crippen molar-refractivity contribution in [3.05, 3.63) is 82.4 Å². The first-order chi connectivity index (χ1) is 22.6. The van der Waals surface area contributed by atoms with E-state index < -0.39 is 0 Å². The van der Waals surface area contributed by atoms with Gasteiger partial charge in [0.1, 0.15) is 0 Å². The van der Waals surface area contributed by atoms with Crippen molar-refractivity contribution >= 4 is 34.8 Å². The third kappa shape index (κ3) is 7.24. The molecule has 6 rings (SSSR count). The Balaban J connectivity index is 1.19. The van der Waals surface area contributed by atoms with Gasteiger partial charge in [0.15, 0.2) is 11.5 Å². The predicted octanol–water partition coefficient (Wildman–Crippen LogP) is 6.58. The number of carbonyl (C=O) groups is 2. The standard InChI is InChI=1S/C38H47ClN4O4/c1-25(2)47-35-22-33-28(20-34(35)46-5)21-36(44)43(38(33)27-8-10-29(39)11-9-27)32-16-14-30(15-17-32)41(4)23-26-6-12-31(13-7-26)42-19-18-40(3)37(45)24-42/h8-11,14-17,20,22,25-26,31,38H,6-7,12-13,18-19,21,23-24H2,1-5H3/t26-,31-,38-/m1/s1. The molecular formula is C38H47ClN4O4. The average Bonchev–Trinajstić information content (AvgIpc) is 3.06. The Kier molecular flexibility index (Phi) is 9.99. The summed E-state index contributed by atoms with van der Waals surface area (Å²) >= 11 is 6.29. The van der Waals surface area contributed by atoms with E-state index in [0.29, 0.717) is 35.0 Å². The van der Waals surface area contributed by atoms with Gasteiger partial charge in [0.05, 0.1) is 32.2 Å². The van der Waals surface area contributed by atoms with E-state index in [4.69, 9.17) is 21.1 Å². The molecule has 47 heavy (non-hydrogen) atoms. The highest BCUT2D eigenvalue weighted by Crippen LogP contribution is 2.44. The molecule has 3 aliphatic rings. The van der Waals surface area contributed by atoms with Crippen molar-refractivity contribution in [2.45, 2.75) is 64.1 Å². The number of halogens is 1. The van der Waals surface area contributed by atoms with Crippen LogP contribution in [0, 0.1) is 5.92 Å². The molecule has 2 heterocycles. The number of likely N-dealkylation sites (N-methyl/N-ethyl adjacent to an activating group) is 1. The Morgan fingerprint density at radius 3 is 2.26 bits per heavy atom. The lowest BCUT2D eigenvalue weighted by Gasteiger charge is -2.41. The zero-order chi connectivity index (χ0) is 33.2. The van der Waals surface area contributed by atoms with Gasteiger partial charge in [-0.1, -0.05) is 23.7 Å². The van der Waals surface area contributed by atoms with E-state index >= 15 is 0 Å². The fourth-order valence-electron chi connectivity index (χ4n) is 7.47. The molecule has 0 aromatic heterocycles. The van der Waals surface area contributed by atoms with Crippen molar-refractivity contribution in [2.75, 3.05) is 57.2 Å². The van der Waals surface area contributed by atoms with Crippen LogP contribution in [0.4, 0.5) is 11.4 Å². The van der Waals surface area contributed by atoms with Crippen molar-refractivity contribution in [2.24, 2.45) is 5.92 Å². The molecule has 3 aromatic rings. The molecule has 250 valence electrons. The monoisotopic (exact) mass is 658 g/mol. The maximum absolute atomic E-state index is 13.9. The van der Waals surface area contributed by atoms with Crippen molar-refractivity contribution < 1.29 is 19.1 Å². The van der Waals surface area contributed by atoms with Gasteiger partial charge >= 0.3 is 0 Å². The molecule has 1 saturated heterocycles. The summed E-state index contributed by atoms with van der Waals surface area (Å²) in [6, 6.07) is 20.3. The first-order valence-electron chi connectivity index (χ1n) is 16.9. The smallest absolute Gasteiger partial charge is 0.236 e. The van der Waals surface area contributed by atoms with E-state index in [0.717, 1.165) is 60.5 Å². The summed E-state index contributed by atoms with van der Waals surface area (Å²) in [5.41, 5.74) is 4.90. The topological polar surface area (TPSA) is 65.6 Å². The van der Waals surface area contributed by atoms with Crippen LogP contribution < -0.4 is 19.3 Å². The number of hydrogen-bond acceptors (Lipinski definition) is 6. The minimum absolute atomic E-state index is 0.0249. The highest BCUT2D eigenvalue weighted by molar-refractivity contribution is 6.30. The fraction of sp³-hybridized carbons (Fsp3) is 0.474. The van der Waals surface area contributed by atoms with Crippen molar-refractivity contribution in [1.82, 2.24) is 9.80 Å². The summed E-state index contributed by atoms with van der Waals surface area (Å²) in [6.45, 7) is 7.34. The van der Waals surface area contributed by atoms with Gasteiger partial charge in [-0.3, -0.25) is 14.5 Å². The Labute approximate surface area is 284 Å². The molecule has 2 fully saturated rings. The minimum atomic E-state index is -0.349. The van der Waals surface area contributed by atoms with Crippen LogP contribution in [0.1, 0.15) is 62.3 Å². The molecule has 0 spiro atoms. The second-order valence-corrected chi connectivity index (χ2v) is 14.1. The van der Waals surface area contributed by atoms with Crippen LogP contribution in [0.5, 0.6) is 11.5 Å². The van der Waals surface area contributed by atoms with Crippen LogP contribution in [0.2, 0.25) is 5.02 Å². The van der Waals surface area contributed by atoms with Crippen LogP contribution >= 0.6 is 11.6 Å². The molecule has 8 nitrogen and oxygen atoms in total. The van der Waals surface area contributed by atoms with E-state index in [9.17, 15) is 9.59 Å². The summed E-state index contributed by atoms with van der Waals surface area (Å²) < 4.78 is 11.8. The molecule has 0 bridgehead atoms. The molecule has 3 aromatic carbocycles. The zero-order valence-electron chi connectivity index (χ0n) is 28.2. The van der Waals surface area contributed by atoms with Gasteiger partial charge in [-0.15, -0.1) is 0 Å². The molecule has 1 saturated carbocycles. The summed E-state index contributed by atoms with van der Waals surface area (Å²) in [4.78, 5) is 34.6. The van der Waals surface area contributed by atoms with Gasteiger partial charge in [0.2, 0.25) is 11.8 Å². The molecule has 1 atom stereocenters. The van der Waals surface area contributed by atoms with Gasteiger partial charge in [0.25, 0.3) is 0 Å². The van der Waals surface area contributed by atoms with E-state index in [2.05, 4.69) is 41.1 Å². The lowest BCUT2D eigenvalue weighted by atomic mass is 9.84. The van der Waals surface area contributed by atoms with Crippen molar-refractivity contribution in [3.63, 3.8) is 0 Å². The maximum Gasteiger partial charge on any atom is 0.236 e. The number of hydrogen-bond donors (Lipinski definition) is 0. The van der Waals surface area contributed by atoms with Gasteiger partial charge in [-0.2, -0.15) is 0 Å². The Morgan fingerprint density at radius 1 is 0.915 bits per heavy atom. The number of rotatable bonds is 9. The number of fused-ring (bicyclic) bond motifs is 1. The molecule has 2 amide bonds. The quantitative estimate of drug-likeness (QED) is 0.259. The largest absolute Gasteiger partial charge is 0.493 e. The molecule has 9 heteroatoms. The minimum Gasteiger partial charge on any atom is -0.493 e. The van der Waals surface area contributed by atoms with E-state index in [1.54, 1.807) is 7.11 Å². The third-order valence-electron chi connectivity index (χ3n) is 10.1. The number of benzene rings is 3. The number of amides is 2. The average molecular weight is 659 g/mol. The third-order valence-corrected chi connectivity index (χ3v) is 10.3.